The van der Waals surface area contributed by atoms with E-state index >= 15 is 0 Å². The lowest BCUT2D eigenvalue weighted by molar-refractivity contribution is -0.156. The van der Waals surface area contributed by atoms with E-state index in [4.69, 9.17) is 0 Å². The molecule has 1 spiro atoms. The lowest BCUT2D eigenvalue weighted by Crippen LogP contribution is -2.68. The number of piperazine rings is 1. The number of carbonyl (C=O) groups is 2. The van der Waals surface area contributed by atoms with Crippen molar-refractivity contribution in [1.29, 1.82) is 0 Å². The predicted octanol–water partition coefficient (Wildman–Crippen LogP) is 2.23. The minimum atomic E-state index is -0.585. The smallest absolute Gasteiger partial charge is 0.243 e. The normalized spacial score (nSPS) is 19.1. The average molecular weight is 410 g/mol. The second kappa shape index (κ2) is 8.93. The standard InChI is InChI=1S/C23H27FN4O2/c24-19-7-4-8-20(15-19)26-21(29)17-27-13-14-28(16-18-5-2-1-3-6-18)23(22(27)30)9-11-25-12-10-23/h1-8,15,25H,9-14,16-17H2,(H,26,29). The van der Waals surface area contributed by atoms with E-state index in [1.807, 2.05) is 18.2 Å². The molecule has 2 aliphatic rings. The van der Waals surface area contributed by atoms with Crippen molar-refractivity contribution in [3.63, 3.8) is 0 Å². The van der Waals surface area contributed by atoms with Crippen molar-refractivity contribution in [2.45, 2.75) is 24.9 Å². The van der Waals surface area contributed by atoms with Gasteiger partial charge in [-0.05, 0) is 49.7 Å². The highest BCUT2D eigenvalue weighted by molar-refractivity contribution is 5.96. The molecule has 2 aromatic carbocycles. The molecule has 30 heavy (non-hydrogen) atoms. The molecule has 158 valence electrons. The van der Waals surface area contributed by atoms with Crippen LogP contribution in [0.3, 0.4) is 0 Å². The quantitative estimate of drug-likeness (QED) is 0.794. The Labute approximate surface area is 176 Å². The lowest BCUT2D eigenvalue weighted by atomic mass is 9.82. The summed E-state index contributed by atoms with van der Waals surface area (Å²) in [5.74, 6) is -0.706. The topological polar surface area (TPSA) is 64.7 Å². The molecule has 2 heterocycles. The van der Waals surface area contributed by atoms with E-state index in [1.54, 1.807) is 17.0 Å². The minimum absolute atomic E-state index is 0.0144. The summed E-state index contributed by atoms with van der Waals surface area (Å²) < 4.78 is 13.4. The monoisotopic (exact) mass is 410 g/mol. The van der Waals surface area contributed by atoms with E-state index in [0.29, 0.717) is 18.8 Å². The van der Waals surface area contributed by atoms with Crippen LogP contribution in [-0.4, -0.2) is 59.9 Å². The lowest BCUT2D eigenvalue weighted by Gasteiger charge is -2.51. The van der Waals surface area contributed by atoms with Gasteiger partial charge in [0.1, 0.15) is 11.4 Å². The molecule has 2 amide bonds. The molecular formula is C23H27FN4O2. The Morgan fingerprint density at radius 1 is 1.07 bits per heavy atom. The number of anilines is 1. The van der Waals surface area contributed by atoms with Crippen molar-refractivity contribution < 1.29 is 14.0 Å². The number of hydrogen-bond donors (Lipinski definition) is 2. The molecule has 0 atom stereocenters. The summed E-state index contributed by atoms with van der Waals surface area (Å²) in [6.07, 6.45) is 1.45. The van der Waals surface area contributed by atoms with Crippen LogP contribution in [-0.2, 0) is 16.1 Å². The molecule has 2 aliphatic heterocycles. The van der Waals surface area contributed by atoms with Gasteiger partial charge < -0.3 is 15.5 Å². The van der Waals surface area contributed by atoms with Crippen LogP contribution >= 0.6 is 0 Å². The molecule has 0 aromatic heterocycles. The van der Waals surface area contributed by atoms with E-state index in [1.165, 1.54) is 17.7 Å². The maximum atomic E-state index is 13.6. The highest BCUT2D eigenvalue weighted by Gasteiger charge is 2.49. The van der Waals surface area contributed by atoms with Crippen LogP contribution in [0.4, 0.5) is 10.1 Å². The SMILES string of the molecule is O=C(CN1CCN(Cc2ccccc2)C2(CCNCC2)C1=O)Nc1cccc(F)c1. The Morgan fingerprint density at radius 3 is 2.57 bits per heavy atom. The molecule has 4 rings (SSSR count). The van der Waals surface area contributed by atoms with Crippen LogP contribution in [0.25, 0.3) is 0 Å². The Morgan fingerprint density at radius 2 is 1.83 bits per heavy atom. The van der Waals surface area contributed by atoms with Gasteiger partial charge in [0, 0.05) is 25.3 Å². The van der Waals surface area contributed by atoms with E-state index in [9.17, 15) is 14.0 Å². The first-order valence-electron chi connectivity index (χ1n) is 10.4. The van der Waals surface area contributed by atoms with Gasteiger partial charge in [-0.3, -0.25) is 14.5 Å². The maximum Gasteiger partial charge on any atom is 0.243 e. The fourth-order valence-corrected chi connectivity index (χ4v) is 4.48. The van der Waals surface area contributed by atoms with Gasteiger partial charge in [0.2, 0.25) is 11.8 Å². The fraction of sp³-hybridized carbons (Fsp3) is 0.391. The summed E-state index contributed by atoms with van der Waals surface area (Å²) in [6.45, 7) is 3.46. The summed E-state index contributed by atoms with van der Waals surface area (Å²) in [5, 5.41) is 6.04. The van der Waals surface area contributed by atoms with Crippen LogP contribution in [0.5, 0.6) is 0 Å². The molecule has 2 saturated heterocycles. The molecule has 2 N–H and O–H groups in total. The summed E-state index contributed by atoms with van der Waals surface area (Å²) in [7, 11) is 0. The number of halogens is 1. The Kier molecular flexibility index (Phi) is 6.11. The van der Waals surface area contributed by atoms with Gasteiger partial charge in [-0.25, -0.2) is 4.39 Å². The fourth-order valence-electron chi connectivity index (χ4n) is 4.48. The predicted molar refractivity (Wildman–Crippen MR) is 113 cm³/mol. The first-order chi connectivity index (χ1) is 14.6. The summed E-state index contributed by atoms with van der Waals surface area (Å²) in [5.41, 5.74) is 0.991. The third kappa shape index (κ3) is 4.37. The van der Waals surface area contributed by atoms with Gasteiger partial charge in [-0.15, -0.1) is 0 Å². The highest BCUT2D eigenvalue weighted by Crippen LogP contribution is 2.33. The molecule has 2 fully saturated rings. The highest BCUT2D eigenvalue weighted by atomic mass is 19.1. The van der Waals surface area contributed by atoms with Gasteiger partial charge in [-0.2, -0.15) is 0 Å². The largest absolute Gasteiger partial charge is 0.330 e. The van der Waals surface area contributed by atoms with E-state index in [-0.39, 0.29) is 18.4 Å². The number of benzene rings is 2. The molecule has 0 radical (unpaired) electrons. The van der Waals surface area contributed by atoms with Crippen molar-refractivity contribution in [1.82, 2.24) is 15.1 Å². The van der Waals surface area contributed by atoms with Crippen molar-refractivity contribution in [3.05, 3.63) is 66.0 Å². The zero-order valence-corrected chi connectivity index (χ0v) is 16.9. The van der Waals surface area contributed by atoms with E-state index in [0.717, 1.165) is 32.5 Å². The first-order valence-corrected chi connectivity index (χ1v) is 10.4. The van der Waals surface area contributed by atoms with Crippen LogP contribution in [0.2, 0.25) is 0 Å². The second-order valence-electron chi connectivity index (χ2n) is 7.97. The molecule has 0 bridgehead atoms. The Balaban J connectivity index is 1.47. The molecule has 0 saturated carbocycles. The van der Waals surface area contributed by atoms with Crippen LogP contribution in [0, 0.1) is 5.82 Å². The number of piperidine rings is 1. The van der Waals surface area contributed by atoms with Gasteiger partial charge in [-0.1, -0.05) is 36.4 Å². The van der Waals surface area contributed by atoms with Crippen molar-refractivity contribution >= 4 is 17.5 Å². The maximum absolute atomic E-state index is 13.6. The molecule has 0 unspecified atom stereocenters. The molecule has 2 aromatic rings. The van der Waals surface area contributed by atoms with Crippen molar-refractivity contribution in [2.24, 2.45) is 0 Å². The van der Waals surface area contributed by atoms with Crippen LogP contribution in [0.1, 0.15) is 18.4 Å². The molecule has 6 nitrogen and oxygen atoms in total. The first kappa shape index (κ1) is 20.5. The van der Waals surface area contributed by atoms with Crippen molar-refractivity contribution in [2.75, 3.05) is 38.0 Å². The van der Waals surface area contributed by atoms with Crippen LogP contribution < -0.4 is 10.6 Å². The molecular weight excluding hydrogens is 383 g/mol. The van der Waals surface area contributed by atoms with Gasteiger partial charge in [0.25, 0.3) is 0 Å². The third-order valence-electron chi connectivity index (χ3n) is 6.02. The van der Waals surface area contributed by atoms with Gasteiger partial charge in [0.15, 0.2) is 0 Å². The van der Waals surface area contributed by atoms with Gasteiger partial charge in [0.05, 0.1) is 6.54 Å². The zero-order valence-electron chi connectivity index (χ0n) is 16.9. The zero-order chi connectivity index (χ0) is 21.0. The second-order valence-corrected chi connectivity index (χ2v) is 7.97. The van der Waals surface area contributed by atoms with E-state index < -0.39 is 11.4 Å². The number of amides is 2. The summed E-state index contributed by atoms with van der Waals surface area (Å²) >= 11 is 0. The van der Waals surface area contributed by atoms with Crippen molar-refractivity contribution in [3.8, 4) is 0 Å². The summed E-state index contributed by atoms with van der Waals surface area (Å²) in [6, 6.07) is 16.0. The number of carbonyl (C=O) groups excluding carboxylic acids is 2. The number of hydrogen-bond acceptors (Lipinski definition) is 4. The van der Waals surface area contributed by atoms with Crippen LogP contribution in [0.15, 0.2) is 54.6 Å². The average Bonchev–Trinajstić information content (AvgIpc) is 2.75. The minimum Gasteiger partial charge on any atom is -0.330 e. The number of rotatable bonds is 5. The third-order valence-corrected chi connectivity index (χ3v) is 6.02. The number of nitrogens with one attached hydrogen (secondary N) is 2. The van der Waals surface area contributed by atoms with Gasteiger partial charge >= 0.3 is 0 Å². The van der Waals surface area contributed by atoms with E-state index in [2.05, 4.69) is 27.7 Å². The molecule has 0 aliphatic carbocycles. The Hall–Kier alpha value is -2.77. The molecule has 7 heteroatoms. The Bertz CT molecular complexity index is 899. The number of nitrogens with zero attached hydrogens (tertiary/aromatic N) is 2. The summed E-state index contributed by atoms with van der Waals surface area (Å²) in [4.78, 5) is 30.0.